The first-order valence-corrected chi connectivity index (χ1v) is 6.03. The smallest absolute Gasteiger partial charge is 0.411 e. The molecule has 2 saturated heterocycles. The Labute approximate surface area is 101 Å². The molecule has 0 aromatic rings. The van der Waals surface area contributed by atoms with Gasteiger partial charge in [-0.05, 0) is 33.6 Å². The normalized spacial score (nSPS) is 28.6. The van der Waals surface area contributed by atoms with Crippen molar-refractivity contribution in [3.8, 4) is 0 Å². The minimum atomic E-state index is -0.748. The third-order valence-corrected chi connectivity index (χ3v) is 3.23. The number of rotatable bonds is 0. The Morgan fingerprint density at radius 3 is 2.65 bits per heavy atom. The van der Waals surface area contributed by atoms with E-state index in [2.05, 4.69) is 0 Å². The summed E-state index contributed by atoms with van der Waals surface area (Å²) in [5.41, 5.74) is -1.29. The zero-order valence-electron chi connectivity index (χ0n) is 10.6. The molecule has 5 nitrogen and oxygen atoms in total. The summed E-state index contributed by atoms with van der Waals surface area (Å²) >= 11 is 0. The molecule has 2 fully saturated rings. The van der Waals surface area contributed by atoms with Crippen molar-refractivity contribution in [1.29, 1.82) is 0 Å². The number of esters is 1. The van der Waals surface area contributed by atoms with E-state index in [0.717, 1.165) is 6.42 Å². The quantitative estimate of drug-likeness (QED) is 0.606. The van der Waals surface area contributed by atoms with Crippen LogP contribution in [0.1, 0.15) is 40.0 Å². The molecule has 1 spiro atoms. The first-order chi connectivity index (χ1) is 7.85. The highest BCUT2D eigenvalue weighted by Crippen LogP contribution is 2.38. The number of hydrogen-bond acceptors (Lipinski definition) is 4. The minimum Gasteiger partial charge on any atom is -0.464 e. The van der Waals surface area contributed by atoms with Gasteiger partial charge in [0.25, 0.3) is 0 Å². The highest BCUT2D eigenvalue weighted by atomic mass is 16.6. The van der Waals surface area contributed by atoms with Crippen LogP contribution in [0.15, 0.2) is 0 Å². The highest BCUT2D eigenvalue weighted by Gasteiger charge is 2.54. The van der Waals surface area contributed by atoms with Crippen LogP contribution < -0.4 is 0 Å². The maximum absolute atomic E-state index is 12.1. The Balaban J connectivity index is 2.15. The van der Waals surface area contributed by atoms with Gasteiger partial charge in [-0.2, -0.15) is 0 Å². The fraction of sp³-hybridized carbons (Fsp3) is 0.833. The van der Waals surface area contributed by atoms with Crippen molar-refractivity contribution in [2.24, 2.45) is 0 Å². The van der Waals surface area contributed by atoms with Gasteiger partial charge in [-0.3, -0.25) is 4.90 Å². The molecule has 1 amide bonds. The second-order valence-corrected chi connectivity index (χ2v) is 5.65. The molecular weight excluding hydrogens is 222 g/mol. The van der Waals surface area contributed by atoms with Gasteiger partial charge < -0.3 is 9.47 Å². The van der Waals surface area contributed by atoms with Crippen LogP contribution in [0, 0.1) is 0 Å². The molecule has 1 unspecified atom stereocenters. The Hall–Kier alpha value is -1.26. The Morgan fingerprint density at radius 1 is 1.41 bits per heavy atom. The lowest BCUT2D eigenvalue weighted by Crippen LogP contribution is -2.52. The summed E-state index contributed by atoms with van der Waals surface area (Å²) in [5.74, 6) is -0.277. The number of nitrogens with zero attached hydrogens (tertiary/aromatic N) is 1. The van der Waals surface area contributed by atoms with Gasteiger partial charge in [-0.15, -0.1) is 0 Å². The van der Waals surface area contributed by atoms with E-state index >= 15 is 0 Å². The van der Waals surface area contributed by atoms with Gasteiger partial charge in [-0.1, -0.05) is 0 Å². The molecule has 0 aromatic heterocycles. The average Bonchev–Trinajstić information content (AvgIpc) is 2.74. The molecule has 2 aliphatic rings. The maximum Gasteiger partial charge on any atom is 0.411 e. The van der Waals surface area contributed by atoms with Gasteiger partial charge >= 0.3 is 12.1 Å². The highest BCUT2D eigenvalue weighted by molar-refractivity contribution is 5.88. The molecule has 2 rings (SSSR count). The van der Waals surface area contributed by atoms with Crippen LogP contribution in [0.5, 0.6) is 0 Å². The molecule has 0 saturated carbocycles. The second-order valence-electron chi connectivity index (χ2n) is 5.65. The van der Waals surface area contributed by atoms with Crippen LogP contribution in [-0.2, 0) is 14.3 Å². The van der Waals surface area contributed by atoms with Crippen molar-refractivity contribution in [3.05, 3.63) is 0 Å². The molecule has 0 bridgehead atoms. The van der Waals surface area contributed by atoms with Gasteiger partial charge in [0.15, 0.2) is 0 Å². The fourth-order valence-electron chi connectivity index (χ4n) is 2.48. The number of cyclic esters (lactones) is 1. The van der Waals surface area contributed by atoms with E-state index in [4.69, 9.17) is 9.47 Å². The van der Waals surface area contributed by atoms with Crippen molar-refractivity contribution >= 4 is 12.1 Å². The van der Waals surface area contributed by atoms with Crippen molar-refractivity contribution in [1.82, 2.24) is 4.90 Å². The zero-order valence-corrected chi connectivity index (χ0v) is 10.6. The van der Waals surface area contributed by atoms with E-state index in [9.17, 15) is 9.59 Å². The molecule has 0 N–H and O–H groups in total. The van der Waals surface area contributed by atoms with Crippen LogP contribution in [0.2, 0.25) is 0 Å². The first kappa shape index (κ1) is 12.2. The SMILES string of the molecule is CC(C)(C)OC(=O)N1CCCC12CCOC2=O. The lowest BCUT2D eigenvalue weighted by atomic mass is 9.95. The van der Waals surface area contributed by atoms with Gasteiger partial charge in [0.1, 0.15) is 11.1 Å². The Kier molecular flexibility index (Phi) is 2.79. The van der Waals surface area contributed by atoms with E-state index in [0.29, 0.717) is 26.0 Å². The molecule has 2 heterocycles. The van der Waals surface area contributed by atoms with Crippen LogP contribution in [-0.4, -0.2) is 41.3 Å². The molecule has 2 aliphatic heterocycles. The molecule has 5 heteroatoms. The monoisotopic (exact) mass is 241 g/mol. The topological polar surface area (TPSA) is 55.8 Å². The van der Waals surface area contributed by atoms with Gasteiger partial charge in [0, 0.05) is 13.0 Å². The van der Waals surface area contributed by atoms with Crippen molar-refractivity contribution < 1.29 is 19.1 Å². The zero-order chi connectivity index (χ0) is 12.7. The maximum atomic E-state index is 12.1. The largest absolute Gasteiger partial charge is 0.464 e. The third-order valence-electron chi connectivity index (χ3n) is 3.23. The Bertz CT molecular complexity index is 343. The summed E-state index contributed by atoms with van der Waals surface area (Å²) < 4.78 is 10.3. The van der Waals surface area contributed by atoms with E-state index in [-0.39, 0.29) is 5.97 Å². The van der Waals surface area contributed by atoms with E-state index in [1.54, 1.807) is 4.90 Å². The van der Waals surface area contributed by atoms with Gasteiger partial charge in [-0.25, -0.2) is 9.59 Å². The number of hydrogen-bond donors (Lipinski definition) is 0. The summed E-state index contributed by atoms with van der Waals surface area (Å²) in [7, 11) is 0. The number of amides is 1. The van der Waals surface area contributed by atoms with Crippen LogP contribution in [0.25, 0.3) is 0 Å². The van der Waals surface area contributed by atoms with Crippen molar-refractivity contribution in [2.75, 3.05) is 13.2 Å². The van der Waals surface area contributed by atoms with E-state index in [1.165, 1.54) is 0 Å². The predicted octanol–water partition coefficient (Wildman–Crippen LogP) is 1.70. The molecule has 0 radical (unpaired) electrons. The number of likely N-dealkylation sites (tertiary alicyclic amines) is 1. The van der Waals surface area contributed by atoms with Crippen molar-refractivity contribution in [3.63, 3.8) is 0 Å². The molecule has 1 atom stereocenters. The molecule has 0 aliphatic carbocycles. The summed E-state index contributed by atoms with van der Waals surface area (Å²) in [6.45, 7) is 6.43. The first-order valence-electron chi connectivity index (χ1n) is 6.03. The summed E-state index contributed by atoms with van der Waals surface area (Å²) in [6, 6.07) is 0. The number of ether oxygens (including phenoxy) is 2. The standard InChI is InChI=1S/C12H19NO4/c1-11(2,3)17-10(15)13-7-4-5-12(13)6-8-16-9(12)14/h4-8H2,1-3H3. The Morgan fingerprint density at radius 2 is 2.12 bits per heavy atom. The van der Waals surface area contributed by atoms with Crippen LogP contribution in [0.4, 0.5) is 4.79 Å². The predicted molar refractivity (Wildman–Crippen MR) is 60.5 cm³/mol. The van der Waals surface area contributed by atoms with Crippen molar-refractivity contribution in [2.45, 2.75) is 51.2 Å². The minimum absolute atomic E-state index is 0.277. The molecular formula is C12H19NO4. The fourth-order valence-corrected chi connectivity index (χ4v) is 2.48. The molecule has 0 aromatic carbocycles. The summed E-state index contributed by atoms with van der Waals surface area (Å²) in [5, 5.41) is 0. The summed E-state index contributed by atoms with van der Waals surface area (Å²) in [6.07, 6.45) is 1.69. The number of carbonyl (C=O) groups is 2. The molecule has 17 heavy (non-hydrogen) atoms. The average molecular weight is 241 g/mol. The summed E-state index contributed by atoms with van der Waals surface area (Å²) in [4.78, 5) is 25.4. The number of carbonyl (C=O) groups excluding carboxylic acids is 2. The van der Waals surface area contributed by atoms with Gasteiger partial charge in [0.2, 0.25) is 0 Å². The van der Waals surface area contributed by atoms with E-state index in [1.807, 2.05) is 20.8 Å². The van der Waals surface area contributed by atoms with E-state index < -0.39 is 17.2 Å². The third kappa shape index (κ3) is 2.10. The lowest BCUT2D eigenvalue weighted by molar-refractivity contribution is -0.146. The van der Waals surface area contributed by atoms with Gasteiger partial charge in [0.05, 0.1) is 6.61 Å². The second kappa shape index (κ2) is 3.89. The lowest BCUT2D eigenvalue weighted by Gasteiger charge is -2.32. The van der Waals surface area contributed by atoms with Crippen LogP contribution in [0.3, 0.4) is 0 Å². The molecule has 96 valence electrons. The van der Waals surface area contributed by atoms with Crippen LogP contribution >= 0.6 is 0 Å².